The van der Waals surface area contributed by atoms with E-state index in [0.717, 1.165) is 5.56 Å². The largest absolute Gasteiger partial charge is 0.495 e. The summed E-state index contributed by atoms with van der Waals surface area (Å²) in [6.45, 7) is 3.57. The van der Waals surface area contributed by atoms with Gasteiger partial charge in [0.05, 0.1) is 17.7 Å². The first-order valence-electron chi connectivity index (χ1n) is 8.94. The number of carbonyl (C=O) groups is 1. The Labute approximate surface area is 170 Å². The Morgan fingerprint density at radius 1 is 0.931 bits per heavy atom. The van der Waals surface area contributed by atoms with Crippen LogP contribution in [0.3, 0.4) is 0 Å². The third-order valence-corrected chi connectivity index (χ3v) is 5.89. The molecule has 0 aliphatic rings. The fraction of sp³-hybridized carbons (Fsp3) is 0.136. The Balaban J connectivity index is 1.90. The van der Waals surface area contributed by atoms with Crippen molar-refractivity contribution in [3.8, 4) is 5.75 Å². The molecule has 29 heavy (non-hydrogen) atoms. The van der Waals surface area contributed by atoms with E-state index in [9.17, 15) is 13.2 Å². The second-order valence-corrected chi connectivity index (χ2v) is 8.26. The molecule has 0 radical (unpaired) electrons. The van der Waals surface area contributed by atoms with Crippen LogP contribution in [-0.2, 0) is 10.0 Å². The minimum atomic E-state index is -3.86. The maximum atomic E-state index is 12.9. The predicted molar refractivity (Wildman–Crippen MR) is 114 cm³/mol. The van der Waals surface area contributed by atoms with Crippen LogP contribution in [0.4, 0.5) is 11.4 Å². The molecule has 0 saturated heterocycles. The number of carbonyl (C=O) groups excluding carboxylic acids is 1. The Morgan fingerprint density at radius 2 is 1.69 bits per heavy atom. The molecule has 0 fully saturated rings. The van der Waals surface area contributed by atoms with Crippen LogP contribution in [0.25, 0.3) is 0 Å². The number of rotatable bonds is 6. The molecule has 7 heteroatoms. The van der Waals surface area contributed by atoms with E-state index in [-0.39, 0.29) is 10.5 Å². The fourth-order valence-corrected chi connectivity index (χ4v) is 4.21. The van der Waals surface area contributed by atoms with Crippen LogP contribution >= 0.6 is 0 Å². The van der Waals surface area contributed by atoms with Gasteiger partial charge in [-0.15, -0.1) is 0 Å². The molecule has 3 rings (SSSR count). The Morgan fingerprint density at radius 3 is 2.41 bits per heavy atom. The first kappa shape index (κ1) is 20.4. The number of para-hydroxylation sites is 2. The average Bonchev–Trinajstić information content (AvgIpc) is 2.68. The molecule has 2 N–H and O–H groups in total. The zero-order chi connectivity index (χ0) is 21.0. The number of sulfonamides is 1. The number of anilines is 2. The molecule has 3 aromatic rings. The van der Waals surface area contributed by atoms with Crippen molar-refractivity contribution in [2.24, 2.45) is 0 Å². The quantitative estimate of drug-likeness (QED) is 0.632. The second kappa shape index (κ2) is 8.36. The van der Waals surface area contributed by atoms with E-state index in [1.165, 1.54) is 13.2 Å². The van der Waals surface area contributed by atoms with Gasteiger partial charge in [0, 0.05) is 11.3 Å². The van der Waals surface area contributed by atoms with E-state index in [1.807, 2.05) is 13.0 Å². The van der Waals surface area contributed by atoms with Gasteiger partial charge in [-0.2, -0.15) is 0 Å². The van der Waals surface area contributed by atoms with Gasteiger partial charge in [-0.05, 0) is 61.4 Å². The van der Waals surface area contributed by atoms with Crippen molar-refractivity contribution >= 4 is 27.3 Å². The molecular weight excluding hydrogens is 388 g/mol. The summed E-state index contributed by atoms with van der Waals surface area (Å²) < 4.78 is 33.6. The van der Waals surface area contributed by atoms with Crippen LogP contribution in [0.1, 0.15) is 21.5 Å². The van der Waals surface area contributed by atoms with E-state index in [1.54, 1.807) is 61.5 Å². The molecule has 0 unspecified atom stereocenters. The first-order chi connectivity index (χ1) is 13.8. The lowest BCUT2D eigenvalue weighted by molar-refractivity contribution is 0.102. The molecular formula is C22H22N2O4S. The van der Waals surface area contributed by atoms with E-state index in [2.05, 4.69) is 10.0 Å². The maximum absolute atomic E-state index is 12.9. The molecule has 3 aromatic carbocycles. The molecule has 0 aliphatic heterocycles. The second-order valence-electron chi connectivity index (χ2n) is 6.61. The summed E-state index contributed by atoms with van der Waals surface area (Å²) in [5.74, 6) is 0.0865. The third-order valence-electron chi connectivity index (χ3n) is 4.37. The zero-order valence-corrected chi connectivity index (χ0v) is 17.2. The van der Waals surface area contributed by atoms with Gasteiger partial charge in [-0.3, -0.25) is 9.52 Å². The highest BCUT2D eigenvalue weighted by atomic mass is 32.2. The van der Waals surface area contributed by atoms with Crippen molar-refractivity contribution in [1.82, 2.24) is 0 Å². The average molecular weight is 410 g/mol. The summed E-state index contributed by atoms with van der Waals surface area (Å²) >= 11 is 0. The Hall–Kier alpha value is -3.32. The van der Waals surface area contributed by atoms with Crippen molar-refractivity contribution in [2.75, 3.05) is 17.1 Å². The summed E-state index contributed by atoms with van der Waals surface area (Å²) in [5, 5.41) is 2.75. The van der Waals surface area contributed by atoms with Crippen LogP contribution in [0.2, 0.25) is 0 Å². The van der Waals surface area contributed by atoms with Gasteiger partial charge < -0.3 is 10.1 Å². The lowest BCUT2D eigenvalue weighted by atomic mass is 10.1. The van der Waals surface area contributed by atoms with Gasteiger partial charge in [0.25, 0.3) is 15.9 Å². The third kappa shape index (κ3) is 4.75. The van der Waals surface area contributed by atoms with Crippen molar-refractivity contribution in [2.45, 2.75) is 18.7 Å². The number of hydrogen-bond donors (Lipinski definition) is 2. The fourth-order valence-electron chi connectivity index (χ4n) is 2.89. The highest BCUT2D eigenvalue weighted by Gasteiger charge is 2.20. The Bertz CT molecular complexity index is 1160. The number of hydrogen-bond acceptors (Lipinski definition) is 4. The normalized spacial score (nSPS) is 11.0. The van der Waals surface area contributed by atoms with Gasteiger partial charge in [0.1, 0.15) is 5.75 Å². The summed E-state index contributed by atoms with van der Waals surface area (Å²) in [6.07, 6.45) is 0. The van der Waals surface area contributed by atoms with Gasteiger partial charge in [-0.1, -0.05) is 30.3 Å². The molecule has 150 valence electrons. The van der Waals surface area contributed by atoms with Crippen LogP contribution in [0.15, 0.2) is 71.6 Å². The Kier molecular flexibility index (Phi) is 5.89. The van der Waals surface area contributed by atoms with Gasteiger partial charge in [0.2, 0.25) is 0 Å². The van der Waals surface area contributed by atoms with Gasteiger partial charge in [-0.25, -0.2) is 8.42 Å². The van der Waals surface area contributed by atoms with E-state index in [4.69, 9.17) is 4.74 Å². The first-order valence-corrected chi connectivity index (χ1v) is 10.4. The van der Waals surface area contributed by atoms with E-state index in [0.29, 0.717) is 22.7 Å². The summed E-state index contributed by atoms with van der Waals surface area (Å²) in [5.41, 5.74) is 2.67. The molecule has 6 nitrogen and oxygen atoms in total. The molecule has 0 atom stereocenters. The molecule has 0 saturated carbocycles. The molecule has 1 amide bonds. The molecule has 0 aromatic heterocycles. The lowest BCUT2D eigenvalue weighted by Gasteiger charge is -2.13. The smallest absolute Gasteiger partial charge is 0.262 e. The monoisotopic (exact) mass is 410 g/mol. The van der Waals surface area contributed by atoms with E-state index >= 15 is 0 Å². The summed E-state index contributed by atoms with van der Waals surface area (Å²) in [6, 6.07) is 18.7. The van der Waals surface area contributed by atoms with Crippen LogP contribution in [-0.4, -0.2) is 21.4 Å². The minimum Gasteiger partial charge on any atom is -0.495 e. The summed E-state index contributed by atoms with van der Waals surface area (Å²) in [4.78, 5) is 12.7. The van der Waals surface area contributed by atoms with Crippen LogP contribution in [0.5, 0.6) is 5.75 Å². The number of nitrogens with one attached hydrogen (secondary N) is 2. The molecule has 0 spiro atoms. The topological polar surface area (TPSA) is 84.5 Å². The standard InChI is InChI=1S/C22H22N2O4S/c1-15-7-6-8-18(13-15)24-29(26,27)21-14-17(12-11-16(21)2)22(25)23-19-9-4-5-10-20(19)28-3/h4-14,24H,1-3H3,(H,23,25). The minimum absolute atomic E-state index is 0.0479. The maximum Gasteiger partial charge on any atom is 0.262 e. The van der Waals surface area contributed by atoms with Crippen molar-refractivity contribution in [1.29, 1.82) is 0 Å². The number of methoxy groups -OCH3 is 1. The SMILES string of the molecule is COc1ccccc1NC(=O)c1ccc(C)c(S(=O)(=O)Nc2cccc(C)c2)c1. The van der Waals surface area contributed by atoms with Gasteiger partial charge >= 0.3 is 0 Å². The summed E-state index contributed by atoms with van der Waals surface area (Å²) in [7, 11) is -2.34. The van der Waals surface area contributed by atoms with Crippen molar-refractivity contribution in [3.63, 3.8) is 0 Å². The van der Waals surface area contributed by atoms with Crippen molar-refractivity contribution in [3.05, 3.63) is 83.4 Å². The predicted octanol–water partition coefficient (Wildman–Crippen LogP) is 4.37. The lowest BCUT2D eigenvalue weighted by Crippen LogP contribution is -2.17. The van der Waals surface area contributed by atoms with Crippen LogP contribution < -0.4 is 14.8 Å². The highest BCUT2D eigenvalue weighted by molar-refractivity contribution is 7.92. The zero-order valence-electron chi connectivity index (χ0n) is 16.4. The number of benzene rings is 3. The number of aryl methyl sites for hydroxylation is 2. The molecule has 0 bridgehead atoms. The van der Waals surface area contributed by atoms with E-state index < -0.39 is 15.9 Å². The molecule has 0 heterocycles. The van der Waals surface area contributed by atoms with Gasteiger partial charge in [0.15, 0.2) is 0 Å². The van der Waals surface area contributed by atoms with Crippen molar-refractivity contribution < 1.29 is 17.9 Å². The van der Waals surface area contributed by atoms with Crippen LogP contribution in [0, 0.1) is 13.8 Å². The number of ether oxygens (including phenoxy) is 1. The highest BCUT2D eigenvalue weighted by Crippen LogP contribution is 2.25. The molecule has 0 aliphatic carbocycles. The number of amides is 1.